The minimum absolute atomic E-state index is 0.738. The minimum atomic E-state index is 0.738. The zero-order valence-electron chi connectivity index (χ0n) is 12.3. The van der Waals surface area contributed by atoms with Crippen LogP contribution in [0, 0.1) is 0 Å². The van der Waals surface area contributed by atoms with Crippen LogP contribution in [-0.2, 0) is 6.42 Å². The summed E-state index contributed by atoms with van der Waals surface area (Å²) in [6.07, 6.45) is 5.19. The van der Waals surface area contributed by atoms with Crippen molar-refractivity contribution in [2.24, 2.45) is 0 Å². The third kappa shape index (κ3) is 2.02. The first kappa shape index (κ1) is 13.3. The van der Waals surface area contributed by atoms with Gasteiger partial charge >= 0.3 is 0 Å². The van der Waals surface area contributed by atoms with Crippen LogP contribution in [-0.4, -0.2) is 0 Å². The fourth-order valence-corrected chi connectivity index (χ4v) is 4.49. The van der Waals surface area contributed by atoms with E-state index in [0.717, 1.165) is 5.92 Å². The Morgan fingerprint density at radius 1 is 0.952 bits per heavy atom. The van der Waals surface area contributed by atoms with Gasteiger partial charge < -0.3 is 0 Å². The minimum Gasteiger partial charge on any atom is -0.0648 e. The summed E-state index contributed by atoms with van der Waals surface area (Å²) in [7, 11) is 0. The third-order valence-electron chi connectivity index (χ3n) is 5.04. The largest absolute Gasteiger partial charge is 0.0648 e. The Morgan fingerprint density at radius 3 is 2.57 bits per heavy atom. The maximum atomic E-state index is 3.68. The molecule has 3 aromatic rings. The number of hydrogen-bond donors (Lipinski definition) is 0. The van der Waals surface area contributed by atoms with Crippen LogP contribution in [0.1, 0.15) is 43.2 Å². The van der Waals surface area contributed by atoms with Crippen LogP contribution in [0.4, 0.5) is 0 Å². The Hall–Kier alpha value is -1.34. The van der Waals surface area contributed by atoms with Crippen molar-refractivity contribution in [1.82, 2.24) is 0 Å². The molecule has 0 aromatic heterocycles. The summed E-state index contributed by atoms with van der Waals surface area (Å²) in [6.45, 7) is 2.33. The molecule has 0 bridgehead atoms. The highest BCUT2D eigenvalue weighted by molar-refractivity contribution is 9.10. The molecule has 0 heterocycles. The van der Waals surface area contributed by atoms with Crippen molar-refractivity contribution in [2.45, 2.75) is 38.5 Å². The van der Waals surface area contributed by atoms with Crippen molar-refractivity contribution >= 4 is 37.5 Å². The molecule has 0 amide bonds. The second-order valence-corrected chi connectivity index (χ2v) is 6.99. The average molecular weight is 339 g/mol. The first-order chi connectivity index (χ1) is 10.3. The number of benzene rings is 3. The summed E-state index contributed by atoms with van der Waals surface area (Å²) in [6, 6.07) is 15.8. The first-order valence-corrected chi connectivity index (χ1v) is 8.71. The Labute approximate surface area is 134 Å². The van der Waals surface area contributed by atoms with Crippen LogP contribution in [0.3, 0.4) is 0 Å². The lowest BCUT2D eigenvalue weighted by Gasteiger charge is -2.26. The van der Waals surface area contributed by atoms with Gasteiger partial charge in [0, 0.05) is 4.47 Å². The highest BCUT2D eigenvalue weighted by Gasteiger charge is 2.21. The molecule has 0 saturated heterocycles. The normalized spacial score (nSPS) is 18.1. The van der Waals surface area contributed by atoms with Crippen molar-refractivity contribution in [3.8, 4) is 0 Å². The number of halogens is 1. The van der Waals surface area contributed by atoms with E-state index in [9.17, 15) is 0 Å². The molecule has 21 heavy (non-hydrogen) atoms. The summed E-state index contributed by atoms with van der Waals surface area (Å²) in [5.41, 5.74) is 3.21. The average Bonchev–Trinajstić information content (AvgIpc) is 2.53. The van der Waals surface area contributed by atoms with Gasteiger partial charge in [-0.3, -0.25) is 0 Å². The van der Waals surface area contributed by atoms with Gasteiger partial charge in [0.15, 0.2) is 0 Å². The predicted molar refractivity (Wildman–Crippen MR) is 95.1 cm³/mol. The first-order valence-electron chi connectivity index (χ1n) is 7.92. The Balaban J connectivity index is 2.11. The van der Waals surface area contributed by atoms with E-state index in [1.54, 1.807) is 11.1 Å². The molecular weight excluding hydrogens is 320 g/mol. The van der Waals surface area contributed by atoms with Crippen molar-refractivity contribution in [3.05, 3.63) is 58.1 Å². The Bertz CT molecular complexity index is 832. The molecule has 0 unspecified atom stereocenters. The second-order valence-electron chi connectivity index (χ2n) is 6.13. The van der Waals surface area contributed by atoms with E-state index in [2.05, 4.69) is 65.3 Å². The SMILES string of the molecule is CC[C@H]1CCCc2ccc3c(ccc4c(Br)cccc43)c21. The highest BCUT2D eigenvalue weighted by Crippen LogP contribution is 2.41. The third-order valence-corrected chi connectivity index (χ3v) is 5.73. The van der Waals surface area contributed by atoms with Gasteiger partial charge in [-0.2, -0.15) is 0 Å². The number of hydrogen-bond acceptors (Lipinski definition) is 0. The van der Waals surface area contributed by atoms with E-state index in [1.165, 1.54) is 51.7 Å². The molecule has 0 N–H and O–H groups in total. The van der Waals surface area contributed by atoms with E-state index in [0.29, 0.717) is 0 Å². The van der Waals surface area contributed by atoms with Crippen molar-refractivity contribution in [2.75, 3.05) is 0 Å². The monoisotopic (exact) mass is 338 g/mol. The molecular formula is C20H19Br. The van der Waals surface area contributed by atoms with Gasteiger partial charge in [0.05, 0.1) is 0 Å². The van der Waals surface area contributed by atoms with Gasteiger partial charge in [-0.25, -0.2) is 0 Å². The lowest BCUT2D eigenvalue weighted by molar-refractivity contribution is 0.544. The zero-order chi connectivity index (χ0) is 14.4. The maximum absolute atomic E-state index is 3.68. The van der Waals surface area contributed by atoms with Crippen LogP contribution in [0.25, 0.3) is 21.5 Å². The number of aryl methyl sites for hydroxylation is 1. The fraction of sp³-hybridized carbons (Fsp3) is 0.300. The molecule has 0 nitrogen and oxygen atoms in total. The van der Waals surface area contributed by atoms with Crippen molar-refractivity contribution in [3.63, 3.8) is 0 Å². The molecule has 0 aliphatic heterocycles. The number of fused-ring (bicyclic) bond motifs is 5. The van der Waals surface area contributed by atoms with E-state index in [-0.39, 0.29) is 0 Å². The fourth-order valence-electron chi connectivity index (χ4n) is 4.00. The smallest absolute Gasteiger partial charge is 0.0253 e. The second kappa shape index (κ2) is 5.14. The predicted octanol–water partition coefficient (Wildman–Crippen LogP) is 6.59. The Kier molecular flexibility index (Phi) is 3.26. The Morgan fingerprint density at radius 2 is 1.71 bits per heavy atom. The molecule has 0 radical (unpaired) electrons. The van der Waals surface area contributed by atoms with Crippen LogP contribution >= 0.6 is 15.9 Å². The van der Waals surface area contributed by atoms with Gasteiger partial charge in [-0.05, 0) is 70.3 Å². The quantitative estimate of drug-likeness (QED) is 0.439. The topological polar surface area (TPSA) is 0 Å². The summed E-state index contributed by atoms with van der Waals surface area (Å²) in [4.78, 5) is 0. The van der Waals surface area contributed by atoms with Crippen molar-refractivity contribution < 1.29 is 0 Å². The van der Waals surface area contributed by atoms with E-state index < -0.39 is 0 Å². The molecule has 1 aliphatic rings. The molecule has 3 aromatic carbocycles. The van der Waals surface area contributed by atoms with E-state index in [4.69, 9.17) is 0 Å². The zero-order valence-corrected chi connectivity index (χ0v) is 13.9. The number of rotatable bonds is 1. The molecule has 0 spiro atoms. The molecule has 4 rings (SSSR count). The lowest BCUT2D eigenvalue weighted by atomic mass is 9.78. The van der Waals surface area contributed by atoms with Gasteiger partial charge in [-0.1, -0.05) is 59.3 Å². The van der Waals surface area contributed by atoms with Gasteiger partial charge in [0.1, 0.15) is 0 Å². The van der Waals surface area contributed by atoms with E-state index >= 15 is 0 Å². The van der Waals surface area contributed by atoms with E-state index in [1.807, 2.05) is 0 Å². The molecule has 1 heteroatoms. The summed E-state index contributed by atoms with van der Waals surface area (Å²) in [5, 5.41) is 5.57. The maximum Gasteiger partial charge on any atom is 0.0253 e. The highest BCUT2D eigenvalue weighted by atomic mass is 79.9. The molecule has 1 atom stereocenters. The van der Waals surface area contributed by atoms with Crippen LogP contribution < -0.4 is 0 Å². The lowest BCUT2D eigenvalue weighted by Crippen LogP contribution is -2.09. The van der Waals surface area contributed by atoms with Gasteiger partial charge in [0.25, 0.3) is 0 Å². The van der Waals surface area contributed by atoms with Crippen LogP contribution in [0.2, 0.25) is 0 Å². The molecule has 106 valence electrons. The summed E-state index contributed by atoms with van der Waals surface area (Å²) < 4.78 is 1.19. The van der Waals surface area contributed by atoms with Crippen molar-refractivity contribution in [1.29, 1.82) is 0 Å². The summed E-state index contributed by atoms with van der Waals surface area (Å²) in [5.74, 6) is 0.738. The molecule has 0 fully saturated rings. The van der Waals surface area contributed by atoms with Crippen LogP contribution in [0.15, 0.2) is 46.9 Å². The summed E-state index contributed by atoms with van der Waals surface area (Å²) >= 11 is 3.68. The molecule has 0 saturated carbocycles. The molecule has 1 aliphatic carbocycles. The van der Waals surface area contributed by atoms with Crippen LogP contribution in [0.5, 0.6) is 0 Å². The standard InChI is InChI=1S/C20H19Br/c1-2-13-5-3-6-14-9-10-16-15-7-4-8-19(21)17(15)11-12-18(16)20(13)14/h4,7-13H,2-3,5-6H2,1H3/t13-/m0/s1. The van der Waals surface area contributed by atoms with Gasteiger partial charge in [-0.15, -0.1) is 0 Å². The van der Waals surface area contributed by atoms with Gasteiger partial charge in [0.2, 0.25) is 0 Å².